The lowest BCUT2D eigenvalue weighted by atomic mass is 9.85. The highest BCUT2D eigenvalue weighted by Gasteiger charge is 2.54. The number of hydrogen-bond acceptors (Lipinski definition) is 5. The van der Waals surface area contributed by atoms with Gasteiger partial charge in [0.15, 0.2) is 0 Å². The second-order valence-corrected chi connectivity index (χ2v) is 6.35. The van der Waals surface area contributed by atoms with Crippen LogP contribution >= 0.6 is 11.6 Å². The number of esters is 1. The topological polar surface area (TPSA) is 81.5 Å². The summed E-state index contributed by atoms with van der Waals surface area (Å²) in [5.74, 6) is -1.19. The van der Waals surface area contributed by atoms with E-state index in [9.17, 15) is 14.9 Å². The van der Waals surface area contributed by atoms with Gasteiger partial charge in [0.05, 0.1) is 13.0 Å². The molecule has 1 aliphatic rings. The molecular weight excluding hydrogens is 344 g/mol. The Morgan fingerprint density at radius 2 is 1.76 bits per heavy atom. The van der Waals surface area contributed by atoms with Crippen LogP contribution in [-0.4, -0.2) is 30.1 Å². The summed E-state index contributed by atoms with van der Waals surface area (Å²) in [4.78, 5) is 23.8. The molecule has 1 N–H and O–H groups in total. The van der Waals surface area contributed by atoms with Crippen LogP contribution in [0, 0.1) is 10.1 Å². The summed E-state index contributed by atoms with van der Waals surface area (Å²) in [6.07, 6.45) is 0. The Balaban J connectivity index is 2.08. The fourth-order valence-electron chi connectivity index (χ4n) is 3.42. The summed E-state index contributed by atoms with van der Waals surface area (Å²) < 4.78 is 4.87. The van der Waals surface area contributed by atoms with Gasteiger partial charge in [0.1, 0.15) is 12.1 Å². The first-order chi connectivity index (χ1) is 12.0. The van der Waals surface area contributed by atoms with E-state index in [1.54, 1.807) is 24.3 Å². The van der Waals surface area contributed by atoms with Crippen LogP contribution in [0.4, 0.5) is 0 Å². The predicted octanol–water partition coefficient (Wildman–Crippen LogP) is 2.96. The number of nitrogens with one attached hydrogen (secondary N) is 1. The highest BCUT2D eigenvalue weighted by atomic mass is 35.5. The Morgan fingerprint density at radius 1 is 1.12 bits per heavy atom. The molecule has 0 bridgehead atoms. The summed E-state index contributed by atoms with van der Waals surface area (Å²) in [5, 5.41) is 15.5. The molecule has 6 nitrogen and oxygen atoms in total. The van der Waals surface area contributed by atoms with Gasteiger partial charge in [-0.15, -0.1) is 0 Å². The van der Waals surface area contributed by atoms with Crippen molar-refractivity contribution in [3.8, 4) is 0 Å². The average Bonchev–Trinajstić information content (AvgIpc) is 3.03. The first-order valence-corrected chi connectivity index (χ1v) is 8.18. The van der Waals surface area contributed by atoms with Crippen molar-refractivity contribution in [2.45, 2.75) is 24.0 Å². The molecule has 1 fully saturated rings. The molecule has 130 valence electrons. The lowest BCUT2D eigenvalue weighted by Crippen LogP contribution is -2.37. The molecule has 0 spiro atoms. The molecule has 0 aromatic heterocycles. The molecule has 1 saturated heterocycles. The minimum Gasteiger partial charge on any atom is -0.468 e. The number of ether oxygens (including phenoxy) is 1. The Hall–Kier alpha value is -2.44. The smallest absolute Gasteiger partial charge is 0.323 e. The van der Waals surface area contributed by atoms with E-state index in [1.165, 1.54) is 7.11 Å². The number of carbonyl (C=O) groups is 1. The molecule has 7 heteroatoms. The number of benzene rings is 2. The Kier molecular flexibility index (Phi) is 5.01. The molecule has 0 radical (unpaired) electrons. The second kappa shape index (κ2) is 7.21. The van der Waals surface area contributed by atoms with Gasteiger partial charge in [0, 0.05) is 9.95 Å². The van der Waals surface area contributed by atoms with E-state index in [2.05, 4.69) is 5.32 Å². The summed E-state index contributed by atoms with van der Waals surface area (Å²) in [6.45, 7) is 0. The molecule has 1 aliphatic heterocycles. The minimum atomic E-state index is -1.01. The first kappa shape index (κ1) is 17.4. The van der Waals surface area contributed by atoms with E-state index in [0.29, 0.717) is 10.6 Å². The van der Waals surface area contributed by atoms with Crippen LogP contribution in [-0.2, 0) is 9.53 Å². The van der Waals surface area contributed by atoms with Gasteiger partial charge >= 0.3 is 5.97 Å². The van der Waals surface area contributed by atoms with Gasteiger partial charge in [0.2, 0.25) is 6.04 Å². The van der Waals surface area contributed by atoms with Crippen molar-refractivity contribution >= 4 is 17.6 Å². The zero-order valence-corrected chi connectivity index (χ0v) is 14.2. The van der Waals surface area contributed by atoms with Crippen molar-refractivity contribution in [3.05, 3.63) is 80.9 Å². The summed E-state index contributed by atoms with van der Waals surface area (Å²) in [7, 11) is 1.28. The summed E-state index contributed by atoms with van der Waals surface area (Å²) in [5.41, 5.74) is 1.43. The van der Waals surface area contributed by atoms with E-state index in [-0.39, 0.29) is 4.92 Å². The molecule has 0 amide bonds. The van der Waals surface area contributed by atoms with Crippen LogP contribution in [0.3, 0.4) is 0 Å². The highest BCUT2D eigenvalue weighted by molar-refractivity contribution is 6.30. The Labute approximate surface area is 149 Å². The third kappa shape index (κ3) is 3.36. The van der Waals surface area contributed by atoms with Gasteiger partial charge in [-0.2, -0.15) is 0 Å². The van der Waals surface area contributed by atoms with Gasteiger partial charge in [-0.1, -0.05) is 54.1 Å². The maximum atomic E-state index is 12.3. The number of nitrogens with zero attached hydrogens (tertiary/aromatic N) is 1. The Morgan fingerprint density at radius 3 is 2.32 bits per heavy atom. The third-order valence-corrected chi connectivity index (χ3v) is 4.79. The second-order valence-electron chi connectivity index (χ2n) is 5.91. The number of halogens is 1. The molecular formula is C18H17ClN2O4. The molecule has 2 aromatic carbocycles. The zero-order valence-electron chi connectivity index (χ0n) is 13.5. The maximum Gasteiger partial charge on any atom is 0.323 e. The molecule has 2 aromatic rings. The zero-order chi connectivity index (χ0) is 18.0. The van der Waals surface area contributed by atoms with Crippen LogP contribution in [0.25, 0.3) is 0 Å². The van der Waals surface area contributed by atoms with Crippen LogP contribution in [0.15, 0.2) is 54.6 Å². The molecule has 3 rings (SSSR count). The van der Waals surface area contributed by atoms with Crippen LogP contribution in [0.2, 0.25) is 5.02 Å². The molecule has 0 saturated carbocycles. The first-order valence-electron chi connectivity index (χ1n) is 7.80. The minimum absolute atomic E-state index is 0.327. The van der Waals surface area contributed by atoms with Crippen molar-refractivity contribution in [1.29, 1.82) is 0 Å². The van der Waals surface area contributed by atoms with Crippen LogP contribution < -0.4 is 5.32 Å². The van der Waals surface area contributed by atoms with Crippen molar-refractivity contribution in [3.63, 3.8) is 0 Å². The monoisotopic (exact) mass is 360 g/mol. The van der Waals surface area contributed by atoms with E-state index >= 15 is 0 Å². The maximum absolute atomic E-state index is 12.3. The van der Waals surface area contributed by atoms with Gasteiger partial charge in [-0.3, -0.25) is 20.2 Å². The van der Waals surface area contributed by atoms with E-state index in [1.807, 2.05) is 30.3 Å². The van der Waals surface area contributed by atoms with Crippen molar-refractivity contribution < 1.29 is 14.5 Å². The van der Waals surface area contributed by atoms with E-state index in [0.717, 1.165) is 5.56 Å². The Bertz CT molecular complexity index is 766. The molecule has 1 heterocycles. The molecule has 0 unspecified atom stereocenters. The summed E-state index contributed by atoms with van der Waals surface area (Å²) >= 11 is 5.93. The highest BCUT2D eigenvalue weighted by Crippen LogP contribution is 2.40. The number of nitro groups is 1. The van der Waals surface area contributed by atoms with Gasteiger partial charge in [-0.05, 0) is 23.3 Å². The average molecular weight is 361 g/mol. The SMILES string of the molecule is COC(=O)[C@H]1N[C@@H](c2ccccc2)[C@H]([N+](=O)[O-])[C@H]1c1ccc(Cl)cc1. The number of hydrogen-bond donors (Lipinski definition) is 1. The standard InChI is InChI=1S/C18H17ClN2O4/c1-25-18(22)16-14(11-7-9-13(19)10-8-11)17(21(23)24)15(20-16)12-5-3-2-4-6-12/h2-10,14-17,20H,1H3/t14-,15-,16-,17+/m0/s1. The van der Waals surface area contributed by atoms with Gasteiger partial charge in [-0.25, -0.2) is 0 Å². The normalized spacial score (nSPS) is 25.5. The molecule has 0 aliphatic carbocycles. The summed E-state index contributed by atoms with van der Waals surface area (Å²) in [6, 6.07) is 13.4. The van der Waals surface area contributed by atoms with Crippen molar-refractivity contribution in [2.75, 3.05) is 7.11 Å². The lowest BCUT2D eigenvalue weighted by molar-refractivity contribution is -0.527. The predicted molar refractivity (Wildman–Crippen MR) is 93.1 cm³/mol. The quantitative estimate of drug-likeness (QED) is 0.515. The largest absolute Gasteiger partial charge is 0.468 e. The van der Waals surface area contributed by atoms with Crippen molar-refractivity contribution in [1.82, 2.24) is 5.32 Å². The van der Waals surface area contributed by atoms with E-state index < -0.39 is 30.0 Å². The van der Waals surface area contributed by atoms with Crippen molar-refractivity contribution in [2.24, 2.45) is 0 Å². The molecule has 4 atom stereocenters. The van der Waals surface area contributed by atoms with Gasteiger partial charge in [0.25, 0.3) is 0 Å². The third-order valence-electron chi connectivity index (χ3n) is 4.54. The van der Waals surface area contributed by atoms with E-state index in [4.69, 9.17) is 16.3 Å². The number of methoxy groups -OCH3 is 1. The van der Waals surface area contributed by atoms with Gasteiger partial charge < -0.3 is 4.74 Å². The lowest BCUT2D eigenvalue weighted by Gasteiger charge is -2.19. The number of carbonyl (C=O) groups excluding carboxylic acids is 1. The fraction of sp³-hybridized carbons (Fsp3) is 0.278. The van der Waals surface area contributed by atoms with Crippen LogP contribution in [0.5, 0.6) is 0 Å². The number of rotatable bonds is 4. The fourth-order valence-corrected chi connectivity index (χ4v) is 3.55. The van der Waals surface area contributed by atoms with Crippen LogP contribution in [0.1, 0.15) is 23.1 Å². The molecule has 25 heavy (non-hydrogen) atoms.